The number of nitrogens with zero attached hydrogens (tertiary/aromatic N) is 2. The maximum atomic E-state index is 14.9. The molecule has 0 spiro atoms. The average Bonchev–Trinajstić information content (AvgIpc) is 3.14. The first-order chi connectivity index (χ1) is 14.2. The Morgan fingerprint density at radius 2 is 1.97 bits per heavy atom. The minimum absolute atomic E-state index is 0.0597. The van der Waals surface area contributed by atoms with Crippen molar-refractivity contribution in [3.8, 4) is 11.3 Å². The molecule has 2 aromatic carbocycles. The zero-order chi connectivity index (χ0) is 21.6. The highest BCUT2D eigenvalue weighted by Gasteiger charge is 2.33. The van der Waals surface area contributed by atoms with E-state index in [-0.39, 0.29) is 41.2 Å². The van der Waals surface area contributed by atoms with Gasteiger partial charge in [-0.2, -0.15) is 4.31 Å². The molecule has 0 unspecified atom stereocenters. The summed E-state index contributed by atoms with van der Waals surface area (Å²) >= 11 is 0. The van der Waals surface area contributed by atoms with Crippen molar-refractivity contribution in [1.29, 1.82) is 0 Å². The van der Waals surface area contributed by atoms with Crippen LogP contribution in [0.1, 0.15) is 22.3 Å². The molecule has 9 heteroatoms. The number of benzene rings is 2. The van der Waals surface area contributed by atoms with Gasteiger partial charge in [0.1, 0.15) is 12.0 Å². The lowest BCUT2D eigenvalue weighted by atomic mass is 10.0. The molecular formula is C21H18F2N2O4S. The van der Waals surface area contributed by atoms with Crippen molar-refractivity contribution in [2.45, 2.75) is 24.4 Å². The Kier molecular flexibility index (Phi) is 5.03. The molecule has 4 rings (SSSR count). The molecule has 156 valence electrons. The van der Waals surface area contributed by atoms with E-state index in [1.165, 1.54) is 24.3 Å². The molecule has 1 fully saturated rings. The molecule has 0 amide bonds. The van der Waals surface area contributed by atoms with Gasteiger partial charge >= 0.3 is 5.97 Å². The summed E-state index contributed by atoms with van der Waals surface area (Å²) in [4.78, 5) is 15.4. The second kappa shape index (κ2) is 7.41. The summed E-state index contributed by atoms with van der Waals surface area (Å²) in [6, 6.07) is 9.68. The summed E-state index contributed by atoms with van der Waals surface area (Å²) < 4.78 is 54.6. The number of hydrogen-bond acceptors (Lipinski definition) is 4. The highest BCUT2D eigenvalue weighted by molar-refractivity contribution is 7.89. The number of fused-ring (bicyclic) bond motifs is 1. The summed E-state index contributed by atoms with van der Waals surface area (Å²) in [5.74, 6) is -1.88. The van der Waals surface area contributed by atoms with Gasteiger partial charge < -0.3 is 5.11 Å². The Hall–Kier alpha value is -2.91. The number of rotatable bonds is 4. The van der Waals surface area contributed by atoms with Gasteiger partial charge in [-0.1, -0.05) is 6.07 Å². The third-order valence-electron chi connectivity index (χ3n) is 5.21. The first-order valence-electron chi connectivity index (χ1n) is 9.25. The molecule has 30 heavy (non-hydrogen) atoms. The molecule has 2 heterocycles. The fourth-order valence-electron chi connectivity index (χ4n) is 3.59. The minimum atomic E-state index is -3.98. The van der Waals surface area contributed by atoms with E-state index in [1.807, 2.05) is 0 Å². The van der Waals surface area contributed by atoms with Crippen molar-refractivity contribution in [3.63, 3.8) is 0 Å². The molecule has 1 aromatic heterocycles. The van der Waals surface area contributed by atoms with E-state index in [1.54, 1.807) is 19.1 Å². The third kappa shape index (κ3) is 3.54. The number of carboxylic acid groups (broad SMARTS) is 1. The van der Waals surface area contributed by atoms with Crippen molar-refractivity contribution in [2.75, 3.05) is 13.1 Å². The van der Waals surface area contributed by atoms with Gasteiger partial charge in [-0.05, 0) is 55.3 Å². The first kappa shape index (κ1) is 20.4. The van der Waals surface area contributed by atoms with Crippen LogP contribution in [0.25, 0.3) is 22.2 Å². The highest BCUT2D eigenvalue weighted by atomic mass is 32.2. The van der Waals surface area contributed by atoms with Crippen molar-refractivity contribution in [2.24, 2.45) is 0 Å². The van der Waals surface area contributed by atoms with Gasteiger partial charge in [0.15, 0.2) is 0 Å². The zero-order valence-corrected chi connectivity index (χ0v) is 16.8. The lowest BCUT2D eigenvalue weighted by molar-refractivity contribution is 0.0697. The number of pyridine rings is 1. The summed E-state index contributed by atoms with van der Waals surface area (Å²) in [7, 11) is -3.98. The van der Waals surface area contributed by atoms with Gasteiger partial charge in [-0.3, -0.25) is 0 Å². The summed E-state index contributed by atoms with van der Waals surface area (Å²) in [5, 5.41) is 9.92. The molecule has 1 aliphatic rings. The lowest BCUT2D eigenvalue weighted by Crippen LogP contribution is -2.29. The fourth-order valence-corrected chi connectivity index (χ4v) is 5.09. The number of hydrogen-bond donors (Lipinski definition) is 1. The van der Waals surface area contributed by atoms with E-state index >= 15 is 0 Å². The van der Waals surface area contributed by atoms with Crippen molar-refractivity contribution >= 4 is 26.9 Å². The Labute approximate surface area is 171 Å². The van der Waals surface area contributed by atoms with Crippen LogP contribution >= 0.6 is 0 Å². The number of aromatic nitrogens is 1. The largest absolute Gasteiger partial charge is 0.478 e. The van der Waals surface area contributed by atoms with Crippen LogP contribution in [0, 0.1) is 12.7 Å². The molecule has 0 aliphatic carbocycles. The van der Waals surface area contributed by atoms with E-state index < -0.39 is 28.0 Å². The van der Waals surface area contributed by atoms with Crippen molar-refractivity contribution in [3.05, 3.63) is 59.4 Å². The van der Waals surface area contributed by atoms with Crippen molar-refractivity contribution < 1.29 is 27.1 Å². The Morgan fingerprint density at radius 1 is 1.20 bits per heavy atom. The first-order valence-corrected chi connectivity index (χ1v) is 10.7. The number of carboxylic acids is 1. The number of aryl methyl sites for hydroxylation is 1. The van der Waals surface area contributed by atoms with Crippen LogP contribution in [0.3, 0.4) is 0 Å². The normalized spacial score (nSPS) is 17.5. The van der Waals surface area contributed by atoms with Crippen molar-refractivity contribution in [1.82, 2.24) is 9.29 Å². The van der Waals surface area contributed by atoms with Crippen LogP contribution in [0.2, 0.25) is 0 Å². The van der Waals surface area contributed by atoms with Gasteiger partial charge in [0.2, 0.25) is 10.0 Å². The Morgan fingerprint density at radius 3 is 2.60 bits per heavy atom. The summed E-state index contributed by atoms with van der Waals surface area (Å²) in [5.41, 5.74) is 1.57. The van der Waals surface area contributed by atoms with Gasteiger partial charge in [0, 0.05) is 24.0 Å². The maximum absolute atomic E-state index is 14.9. The van der Waals surface area contributed by atoms with E-state index in [4.69, 9.17) is 0 Å². The number of carbonyl (C=O) groups is 1. The van der Waals surface area contributed by atoms with Crippen LogP contribution in [0.4, 0.5) is 8.78 Å². The number of aromatic carboxylic acids is 1. The second-order valence-electron chi connectivity index (χ2n) is 7.25. The van der Waals surface area contributed by atoms with E-state index in [2.05, 4.69) is 4.98 Å². The maximum Gasteiger partial charge on any atom is 0.335 e. The number of alkyl halides is 1. The fraction of sp³-hybridized carbons (Fsp3) is 0.238. The topological polar surface area (TPSA) is 87.6 Å². The third-order valence-corrected chi connectivity index (χ3v) is 7.07. The lowest BCUT2D eigenvalue weighted by Gasteiger charge is -2.16. The molecule has 1 saturated heterocycles. The predicted molar refractivity (Wildman–Crippen MR) is 107 cm³/mol. The van der Waals surface area contributed by atoms with E-state index in [0.29, 0.717) is 5.52 Å². The molecule has 6 nitrogen and oxygen atoms in total. The smallest absolute Gasteiger partial charge is 0.335 e. The van der Waals surface area contributed by atoms with Gasteiger partial charge in [0.25, 0.3) is 0 Å². The quantitative estimate of drug-likeness (QED) is 0.678. The predicted octanol–water partition coefficient (Wildman–Crippen LogP) is 3.78. The average molecular weight is 432 g/mol. The SMILES string of the molecule is Cc1cc(-c2ccc(S(=O)(=O)N3CC[C@H](F)C3)cc2F)nc2cc(C(=O)O)ccc12. The van der Waals surface area contributed by atoms with Crippen LogP contribution < -0.4 is 0 Å². The monoisotopic (exact) mass is 432 g/mol. The van der Waals surface area contributed by atoms with Crippen LogP contribution in [0.5, 0.6) is 0 Å². The number of halogens is 2. The van der Waals surface area contributed by atoms with E-state index in [0.717, 1.165) is 21.3 Å². The standard InChI is InChI=1S/C21H18F2N2O4S/c1-12-8-19(24-20-9-13(21(26)27)2-4-16(12)20)17-5-3-15(10-18(17)23)30(28,29)25-7-6-14(22)11-25/h2-5,8-10,14H,6-7,11H2,1H3,(H,26,27)/t14-/m0/s1. The molecule has 0 radical (unpaired) electrons. The van der Waals surface area contributed by atoms with Crippen LogP contribution in [-0.2, 0) is 10.0 Å². The molecule has 0 saturated carbocycles. The van der Waals surface area contributed by atoms with Gasteiger partial charge in [-0.25, -0.2) is 27.0 Å². The molecular weight excluding hydrogens is 414 g/mol. The molecule has 3 aromatic rings. The second-order valence-corrected chi connectivity index (χ2v) is 9.19. The van der Waals surface area contributed by atoms with Gasteiger partial charge in [-0.15, -0.1) is 0 Å². The summed E-state index contributed by atoms with van der Waals surface area (Å²) in [6.07, 6.45) is -1.09. The zero-order valence-electron chi connectivity index (χ0n) is 16.0. The number of sulfonamides is 1. The Bertz CT molecular complexity index is 1280. The molecule has 1 aliphatic heterocycles. The summed E-state index contributed by atoms with van der Waals surface area (Å²) in [6.45, 7) is 1.62. The highest BCUT2D eigenvalue weighted by Crippen LogP contribution is 2.30. The minimum Gasteiger partial charge on any atom is -0.478 e. The molecule has 1 atom stereocenters. The van der Waals surface area contributed by atoms with Crippen LogP contribution in [0.15, 0.2) is 47.4 Å². The molecule has 1 N–H and O–H groups in total. The van der Waals surface area contributed by atoms with Gasteiger partial charge in [0.05, 0.1) is 21.7 Å². The Balaban J connectivity index is 1.76. The van der Waals surface area contributed by atoms with Crippen LogP contribution in [-0.4, -0.2) is 48.0 Å². The van der Waals surface area contributed by atoms with E-state index in [9.17, 15) is 27.1 Å². The molecule has 0 bridgehead atoms.